The molecule has 1 aromatic heterocycles. The van der Waals surface area contributed by atoms with Gasteiger partial charge in [0.1, 0.15) is 17.9 Å². The second kappa shape index (κ2) is 8.05. The molecule has 0 aliphatic carbocycles. The third kappa shape index (κ3) is 4.95. The number of hydrogen-bond donors (Lipinski definition) is 2. The maximum absolute atomic E-state index is 12.5. The number of nitrogens with zero attached hydrogens (tertiary/aromatic N) is 2. The molecule has 1 heterocycles. The fourth-order valence-electron chi connectivity index (χ4n) is 2.39. The minimum absolute atomic E-state index is 0.171. The molecule has 0 radical (unpaired) electrons. The Morgan fingerprint density at radius 2 is 1.63 bits per heavy atom. The molecule has 0 aliphatic rings. The second-order valence-corrected chi connectivity index (χ2v) is 7.44. The zero-order valence-electron chi connectivity index (χ0n) is 15.0. The number of aryl methyl sites for hydroxylation is 1. The van der Waals surface area contributed by atoms with E-state index in [1.165, 1.54) is 18.5 Å². The highest BCUT2D eigenvalue weighted by atomic mass is 32.2. The van der Waals surface area contributed by atoms with Crippen LogP contribution < -0.4 is 14.8 Å². The summed E-state index contributed by atoms with van der Waals surface area (Å²) < 4.78 is 32.9. The molecule has 7 nitrogen and oxygen atoms in total. The van der Waals surface area contributed by atoms with Gasteiger partial charge in [-0.15, -0.1) is 0 Å². The van der Waals surface area contributed by atoms with Crippen molar-refractivity contribution >= 4 is 27.2 Å². The number of ether oxygens (including phenoxy) is 1. The smallest absolute Gasteiger partial charge is 0.261 e. The monoisotopic (exact) mass is 384 g/mol. The van der Waals surface area contributed by atoms with Crippen LogP contribution in [0.4, 0.5) is 17.2 Å². The lowest BCUT2D eigenvalue weighted by Gasteiger charge is -2.10. The summed E-state index contributed by atoms with van der Waals surface area (Å²) in [5.41, 5.74) is 2.11. The predicted octanol–water partition coefficient (Wildman–Crippen LogP) is 3.73. The third-order valence-electron chi connectivity index (χ3n) is 3.66. The van der Waals surface area contributed by atoms with Crippen LogP contribution in [-0.4, -0.2) is 25.0 Å². The summed E-state index contributed by atoms with van der Waals surface area (Å²) in [6.45, 7) is 4.28. The van der Waals surface area contributed by atoms with Crippen molar-refractivity contribution in [1.29, 1.82) is 0 Å². The Morgan fingerprint density at radius 1 is 0.963 bits per heavy atom. The molecule has 0 bridgehead atoms. The molecule has 27 heavy (non-hydrogen) atoms. The topological polar surface area (TPSA) is 93.2 Å². The van der Waals surface area contributed by atoms with Crippen molar-refractivity contribution in [3.05, 3.63) is 66.6 Å². The molecule has 3 aromatic rings. The van der Waals surface area contributed by atoms with Crippen molar-refractivity contribution in [2.75, 3.05) is 16.6 Å². The summed E-state index contributed by atoms with van der Waals surface area (Å²) in [7, 11) is -3.67. The normalized spacial score (nSPS) is 11.0. The van der Waals surface area contributed by atoms with E-state index in [9.17, 15) is 8.42 Å². The lowest BCUT2D eigenvalue weighted by molar-refractivity contribution is 0.340. The Kier molecular flexibility index (Phi) is 5.56. The SMILES string of the molecule is CCOc1ccc(S(=O)(=O)Nc2ccc(Nc3cc(C)ncn3)cc2)cc1. The van der Waals surface area contributed by atoms with Gasteiger partial charge in [0.15, 0.2) is 0 Å². The van der Waals surface area contributed by atoms with Crippen LogP contribution >= 0.6 is 0 Å². The van der Waals surface area contributed by atoms with E-state index in [1.54, 1.807) is 36.4 Å². The molecule has 140 valence electrons. The molecular formula is C19H20N4O3S. The average Bonchev–Trinajstić information content (AvgIpc) is 2.64. The van der Waals surface area contributed by atoms with Crippen LogP contribution in [0.5, 0.6) is 5.75 Å². The van der Waals surface area contributed by atoms with Crippen LogP contribution in [0, 0.1) is 6.92 Å². The first-order valence-corrected chi connectivity index (χ1v) is 9.86. The standard InChI is InChI=1S/C19H20N4O3S/c1-3-26-17-8-10-18(11-9-17)27(24,25)23-16-6-4-15(5-7-16)22-19-12-14(2)20-13-21-19/h4-13,23H,3H2,1-2H3,(H,20,21,22). The maximum Gasteiger partial charge on any atom is 0.261 e. The van der Waals surface area contributed by atoms with Crippen LogP contribution in [0.15, 0.2) is 65.8 Å². The minimum atomic E-state index is -3.67. The van der Waals surface area contributed by atoms with Gasteiger partial charge in [-0.25, -0.2) is 18.4 Å². The van der Waals surface area contributed by atoms with Crippen molar-refractivity contribution in [2.24, 2.45) is 0 Å². The molecule has 0 unspecified atom stereocenters. The maximum atomic E-state index is 12.5. The van der Waals surface area contributed by atoms with Gasteiger partial charge in [-0.05, 0) is 62.4 Å². The van der Waals surface area contributed by atoms with Gasteiger partial charge >= 0.3 is 0 Å². The molecule has 2 aromatic carbocycles. The van der Waals surface area contributed by atoms with Gasteiger partial charge in [0.2, 0.25) is 0 Å². The van der Waals surface area contributed by atoms with E-state index in [-0.39, 0.29) is 4.90 Å². The molecule has 0 saturated heterocycles. The summed E-state index contributed by atoms with van der Waals surface area (Å²) >= 11 is 0. The van der Waals surface area contributed by atoms with Gasteiger partial charge in [0, 0.05) is 23.1 Å². The second-order valence-electron chi connectivity index (χ2n) is 5.76. The lowest BCUT2D eigenvalue weighted by atomic mass is 10.3. The Morgan fingerprint density at radius 3 is 2.26 bits per heavy atom. The molecule has 0 aliphatic heterocycles. The average molecular weight is 384 g/mol. The van der Waals surface area contributed by atoms with Gasteiger partial charge in [-0.3, -0.25) is 4.72 Å². The largest absolute Gasteiger partial charge is 0.494 e. The summed E-state index contributed by atoms with van der Waals surface area (Å²) in [5, 5.41) is 3.14. The van der Waals surface area contributed by atoms with Crippen molar-refractivity contribution in [1.82, 2.24) is 9.97 Å². The van der Waals surface area contributed by atoms with E-state index in [4.69, 9.17) is 4.74 Å². The van der Waals surface area contributed by atoms with Crippen LogP contribution in [0.3, 0.4) is 0 Å². The number of rotatable bonds is 7. The van der Waals surface area contributed by atoms with E-state index in [0.717, 1.165) is 11.4 Å². The van der Waals surface area contributed by atoms with Gasteiger partial charge in [-0.2, -0.15) is 0 Å². The van der Waals surface area contributed by atoms with E-state index in [2.05, 4.69) is 20.0 Å². The highest BCUT2D eigenvalue weighted by Crippen LogP contribution is 2.22. The fraction of sp³-hybridized carbons (Fsp3) is 0.158. The molecule has 3 rings (SSSR count). The van der Waals surface area contributed by atoms with E-state index in [1.807, 2.05) is 19.9 Å². The van der Waals surface area contributed by atoms with Crippen molar-refractivity contribution in [3.8, 4) is 5.75 Å². The first-order valence-electron chi connectivity index (χ1n) is 8.38. The molecule has 0 atom stereocenters. The highest BCUT2D eigenvalue weighted by molar-refractivity contribution is 7.92. The van der Waals surface area contributed by atoms with Crippen LogP contribution in [-0.2, 0) is 10.0 Å². The van der Waals surface area contributed by atoms with E-state index < -0.39 is 10.0 Å². The molecule has 2 N–H and O–H groups in total. The van der Waals surface area contributed by atoms with Crippen LogP contribution in [0.1, 0.15) is 12.6 Å². The number of anilines is 3. The van der Waals surface area contributed by atoms with E-state index >= 15 is 0 Å². The Balaban J connectivity index is 1.69. The Hall–Kier alpha value is -3.13. The zero-order valence-corrected chi connectivity index (χ0v) is 15.8. The minimum Gasteiger partial charge on any atom is -0.494 e. The number of sulfonamides is 1. The first kappa shape index (κ1) is 18.7. The van der Waals surface area contributed by atoms with Gasteiger partial charge in [0.05, 0.1) is 11.5 Å². The van der Waals surface area contributed by atoms with E-state index in [0.29, 0.717) is 23.9 Å². The first-order chi connectivity index (χ1) is 13.0. The molecule has 8 heteroatoms. The molecule has 0 amide bonds. The molecule has 0 fully saturated rings. The molecular weight excluding hydrogens is 364 g/mol. The lowest BCUT2D eigenvalue weighted by Crippen LogP contribution is -2.12. The Bertz CT molecular complexity index is 1000. The predicted molar refractivity (Wildman–Crippen MR) is 105 cm³/mol. The van der Waals surface area contributed by atoms with Gasteiger partial charge in [-0.1, -0.05) is 0 Å². The van der Waals surface area contributed by atoms with Crippen LogP contribution in [0.25, 0.3) is 0 Å². The van der Waals surface area contributed by atoms with Crippen molar-refractivity contribution in [3.63, 3.8) is 0 Å². The zero-order chi connectivity index (χ0) is 19.3. The quantitative estimate of drug-likeness (QED) is 0.645. The van der Waals surface area contributed by atoms with Crippen molar-refractivity contribution in [2.45, 2.75) is 18.7 Å². The van der Waals surface area contributed by atoms with Crippen LogP contribution in [0.2, 0.25) is 0 Å². The summed E-state index contributed by atoms with van der Waals surface area (Å²) in [6.07, 6.45) is 1.48. The fourth-order valence-corrected chi connectivity index (χ4v) is 3.45. The number of aromatic nitrogens is 2. The Labute approximate surface area is 158 Å². The number of hydrogen-bond acceptors (Lipinski definition) is 6. The van der Waals surface area contributed by atoms with Gasteiger partial charge in [0.25, 0.3) is 10.0 Å². The third-order valence-corrected chi connectivity index (χ3v) is 5.06. The number of benzene rings is 2. The summed E-state index contributed by atoms with van der Waals surface area (Å²) in [6, 6.07) is 15.0. The van der Waals surface area contributed by atoms with Gasteiger partial charge < -0.3 is 10.1 Å². The summed E-state index contributed by atoms with van der Waals surface area (Å²) in [4.78, 5) is 8.35. The number of nitrogens with one attached hydrogen (secondary N) is 2. The molecule has 0 spiro atoms. The highest BCUT2D eigenvalue weighted by Gasteiger charge is 2.14. The van der Waals surface area contributed by atoms with Crippen molar-refractivity contribution < 1.29 is 13.2 Å². The summed E-state index contributed by atoms with van der Waals surface area (Å²) in [5.74, 6) is 1.30. The molecule has 0 saturated carbocycles.